The fourth-order valence-electron chi connectivity index (χ4n) is 11.7. The molecule has 0 amide bonds. The fourth-order valence-corrected chi connectivity index (χ4v) is 11.7. The molecule has 6 rings (SSSR count). The van der Waals surface area contributed by atoms with Gasteiger partial charge in [0.25, 0.3) is 0 Å². The molecule has 4 fully saturated rings. The molecule has 5 aliphatic rings. The number of fused-ring (bicyclic) bond motifs is 6. The van der Waals surface area contributed by atoms with Crippen molar-refractivity contribution in [3.8, 4) is 0 Å². The molecule has 36 heavy (non-hydrogen) atoms. The maximum atomic E-state index is 12.1. The molecule has 1 aromatic rings. The zero-order valence-electron chi connectivity index (χ0n) is 24.2. The van der Waals surface area contributed by atoms with Crippen LogP contribution in [0.15, 0.2) is 12.4 Å². The molecule has 1 aliphatic heterocycles. The van der Waals surface area contributed by atoms with Crippen LogP contribution >= 0.6 is 0 Å². The van der Waals surface area contributed by atoms with Crippen LogP contribution in [0, 0.1) is 39.9 Å². The highest BCUT2D eigenvalue weighted by molar-refractivity contribution is 5.32. The summed E-state index contributed by atoms with van der Waals surface area (Å²) >= 11 is 0. The summed E-state index contributed by atoms with van der Waals surface area (Å²) < 4.78 is 6.90. The van der Waals surface area contributed by atoms with Crippen molar-refractivity contribution in [2.75, 3.05) is 0 Å². The lowest BCUT2D eigenvalue weighted by Crippen LogP contribution is -2.66. The summed E-state index contributed by atoms with van der Waals surface area (Å²) in [5.74, 6) is 1.82. The average molecular weight is 495 g/mol. The molecule has 9 atom stereocenters. The Hall–Kier alpha value is -1.00. The van der Waals surface area contributed by atoms with Crippen LogP contribution in [0.2, 0.25) is 0 Å². The third kappa shape index (κ3) is 3.12. The van der Waals surface area contributed by atoms with Crippen molar-refractivity contribution < 1.29 is 9.84 Å². The molecule has 0 unspecified atom stereocenters. The smallest absolute Gasteiger partial charge is 0.0693 e. The summed E-state index contributed by atoms with van der Waals surface area (Å²) in [7, 11) is 0. The van der Waals surface area contributed by atoms with Gasteiger partial charge >= 0.3 is 0 Å². The summed E-state index contributed by atoms with van der Waals surface area (Å²) in [5, 5.41) is 12.1. The van der Waals surface area contributed by atoms with Crippen LogP contribution in [-0.2, 0) is 16.6 Å². The van der Waals surface area contributed by atoms with Crippen LogP contribution in [0.1, 0.15) is 118 Å². The van der Waals surface area contributed by atoms with Gasteiger partial charge in [0.15, 0.2) is 0 Å². The standard InChI is InChI=1S/C32H50N2O2/c1-27(2)12-9-13-32(8,36-27)20-10-14-31(7)25(20)22(35)18-24-29(5)19-21-26(34-17-16-33-21)28(3,4)23(29)11-15-30(24,31)6/h16-17,20,22-25,35H,9-15,18-19H2,1-8H3/t20-,22+,23-,24+,25-,29-,30+,31+,32+/m0/s1. The van der Waals surface area contributed by atoms with Crippen molar-refractivity contribution in [3.05, 3.63) is 23.8 Å². The number of nitrogens with zero attached hydrogens (tertiary/aromatic N) is 2. The normalized spacial score (nSPS) is 51.0. The predicted octanol–water partition coefficient (Wildman–Crippen LogP) is 6.88. The quantitative estimate of drug-likeness (QED) is 0.462. The van der Waals surface area contributed by atoms with E-state index in [1.54, 1.807) is 0 Å². The highest BCUT2D eigenvalue weighted by Gasteiger charge is 2.71. The van der Waals surface area contributed by atoms with Gasteiger partial charge in [0.1, 0.15) is 0 Å². The Morgan fingerprint density at radius 1 is 0.833 bits per heavy atom. The van der Waals surface area contributed by atoms with Gasteiger partial charge < -0.3 is 9.84 Å². The molecule has 3 saturated carbocycles. The molecule has 4 aliphatic carbocycles. The first-order valence-electron chi connectivity index (χ1n) is 14.9. The van der Waals surface area contributed by atoms with Crippen molar-refractivity contribution in [1.82, 2.24) is 9.97 Å². The zero-order valence-corrected chi connectivity index (χ0v) is 24.2. The van der Waals surface area contributed by atoms with Crippen molar-refractivity contribution >= 4 is 0 Å². The fraction of sp³-hybridized carbons (Fsp3) is 0.875. The van der Waals surface area contributed by atoms with E-state index in [1.807, 2.05) is 12.4 Å². The van der Waals surface area contributed by atoms with Crippen LogP contribution < -0.4 is 0 Å². The summed E-state index contributed by atoms with van der Waals surface area (Å²) in [5.41, 5.74) is 2.70. The molecular formula is C32H50N2O2. The third-order valence-corrected chi connectivity index (χ3v) is 13.2. The highest BCUT2D eigenvalue weighted by Crippen LogP contribution is 2.75. The summed E-state index contributed by atoms with van der Waals surface area (Å²) in [6.07, 6.45) is 13.8. The maximum Gasteiger partial charge on any atom is 0.0693 e. The number of rotatable bonds is 1. The molecule has 1 saturated heterocycles. The number of hydrogen-bond acceptors (Lipinski definition) is 4. The Morgan fingerprint density at radius 2 is 1.53 bits per heavy atom. The zero-order chi connectivity index (χ0) is 25.9. The minimum absolute atomic E-state index is 0.00778. The monoisotopic (exact) mass is 494 g/mol. The molecule has 200 valence electrons. The average Bonchev–Trinajstić information content (AvgIpc) is 3.15. The molecule has 4 nitrogen and oxygen atoms in total. The molecule has 0 radical (unpaired) electrons. The number of aromatic nitrogens is 2. The van der Waals surface area contributed by atoms with E-state index in [-0.39, 0.29) is 39.0 Å². The molecule has 1 aromatic heterocycles. The first kappa shape index (κ1) is 25.3. The van der Waals surface area contributed by atoms with Crippen molar-refractivity contribution in [1.29, 1.82) is 0 Å². The summed E-state index contributed by atoms with van der Waals surface area (Å²) in [6.45, 7) is 19.5. The number of aliphatic hydroxyl groups is 1. The molecule has 1 N–H and O–H groups in total. The van der Waals surface area contributed by atoms with Gasteiger partial charge in [0, 0.05) is 17.8 Å². The van der Waals surface area contributed by atoms with Crippen LogP contribution in [-0.4, -0.2) is 32.4 Å². The van der Waals surface area contributed by atoms with Gasteiger partial charge in [-0.2, -0.15) is 0 Å². The van der Waals surface area contributed by atoms with E-state index in [2.05, 4.69) is 55.4 Å². The van der Waals surface area contributed by atoms with E-state index in [9.17, 15) is 5.11 Å². The molecule has 0 aromatic carbocycles. The lowest BCUT2D eigenvalue weighted by Gasteiger charge is -2.70. The minimum atomic E-state index is -0.256. The number of ether oxygens (including phenoxy) is 1. The molecular weight excluding hydrogens is 444 g/mol. The lowest BCUT2D eigenvalue weighted by molar-refractivity contribution is -0.243. The molecule has 0 spiro atoms. The Kier molecular flexibility index (Phi) is 5.31. The van der Waals surface area contributed by atoms with Crippen molar-refractivity contribution in [3.63, 3.8) is 0 Å². The minimum Gasteiger partial charge on any atom is -0.393 e. The van der Waals surface area contributed by atoms with Gasteiger partial charge in [-0.15, -0.1) is 0 Å². The van der Waals surface area contributed by atoms with Crippen molar-refractivity contribution in [2.24, 2.45) is 39.9 Å². The van der Waals surface area contributed by atoms with E-state index < -0.39 is 0 Å². The first-order chi connectivity index (χ1) is 16.7. The summed E-state index contributed by atoms with van der Waals surface area (Å²) in [4.78, 5) is 9.72. The lowest BCUT2D eigenvalue weighted by atomic mass is 9.35. The predicted molar refractivity (Wildman–Crippen MR) is 144 cm³/mol. The Balaban J connectivity index is 1.40. The van der Waals surface area contributed by atoms with Gasteiger partial charge in [0.2, 0.25) is 0 Å². The molecule has 2 heterocycles. The highest BCUT2D eigenvalue weighted by atomic mass is 16.5. The van der Waals surface area contributed by atoms with Gasteiger partial charge in [-0.25, -0.2) is 0 Å². The van der Waals surface area contributed by atoms with Crippen LogP contribution in [0.25, 0.3) is 0 Å². The second-order valence-electron chi connectivity index (χ2n) is 15.7. The number of aliphatic hydroxyl groups excluding tert-OH is 1. The van der Waals surface area contributed by atoms with E-state index in [1.165, 1.54) is 43.5 Å². The van der Waals surface area contributed by atoms with E-state index in [4.69, 9.17) is 14.7 Å². The van der Waals surface area contributed by atoms with E-state index >= 15 is 0 Å². The van der Waals surface area contributed by atoms with Gasteiger partial charge in [-0.05, 0) is 118 Å². The van der Waals surface area contributed by atoms with Crippen molar-refractivity contribution in [2.45, 2.75) is 136 Å². The van der Waals surface area contributed by atoms with Gasteiger partial charge in [-0.3, -0.25) is 9.97 Å². The largest absolute Gasteiger partial charge is 0.393 e. The molecule has 0 bridgehead atoms. The second kappa shape index (κ2) is 7.56. The molecule has 4 heteroatoms. The number of hydrogen-bond donors (Lipinski definition) is 1. The second-order valence-corrected chi connectivity index (χ2v) is 15.7. The summed E-state index contributed by atoms with van der Waals surface area (Å²) in [6, 6.07) is 0. The van der Waals surface area contributed by atoms with Crippen LogP contribution in [0.3, 0.4) is 0 Å². The van der Waals surface area contributed by atoms with Crippen LogP contribution in [0.5, 0.6) is 0 Å². The van der Waals surface area contributed by atoms with Gasteiger partial charge in [0.05, 0.1) is 28.7 Å². The Morgan fingerprint density at radius 3 is 2.25 bits per heavy atom. The maximum absolute atomic E-state index is 12.1. The van der Waals surface area contributed by atoms with E-state index in [0.29, 0.717) is 23.7 Å². The topological polar surface area (TPSA) is 55.2 Å². The third-order valence-electron chi connectivity index (χ3n) is 13.2. The Labute approximate surface area is 219 Å². The SMILES string of the molecule is CC1(C)CCC[C@](C)([C@H]2CC[C@]3(C)[C@@H]2[C@H](O)C[C@@H]2[C@@]4(C)Cc5nccnc5C(C)(C)[C@@H]4CC[C@]23C)O1. The van der Waals surface area contributed by atoms with Crippen LogP contribution in [0.4, 0.5) is 0 Å². The Bertz CT molecular complexity index is 1050. The van der Waals surface area contributed by atoms with Gasteiger partial charge in [-0.1, -0.05) is 34.6 Å². The van der Waals surface area contributed by atoms with E-state index in [0.717, 1.165) is 25.7 Å². The first-order valence-corrected chi connectivity index (χ1v) is 14.9.